The topological polar surface area (TPSA) is 49.0 Å². The number of aromatic nitrogens is 2. The third-order valence-corrected chi connectivity index (χ3v) is 4.85. The number of carbonyl (C=O) groups excluding carboxylic acids is 1. The Hall–Kier alpha value is -1.62. The second kappa shape index (κ2) is 5.79. The SMILES string of the molecule is Cc1csc(C(=O)N2CCCC(Cc3ccn[nH]3)C2)c1. The molecule has 3 heterocycles. The molecule has 0 saturated carbocycles. The molecule has 0 radical (unpaired) electrons. The van der Waals surface area contributed by atoms with E-state index in [0.29, 0.717) is 5.92 Å². The van der Waals surface area contributed by atoms with Crippen molar-refractivity contribution < 1.29 is 4.79 Å². The molecule has 3 rings (SSSR count). The van der Waals surface area contributed by atoms with Crippen molar-refractivity contribution in [3.63, 3.8) is 0 Å². The van der Waals surface area contributed by atoms with E-state index in [2.05, 4.69) is 10.2 Å². The van der Waals surface area contributed by atoms with E-state index in [-0.39, 0.29) is 5.91 Å². The standard InChI is InChI=1S/C15H19N3OS/c1-11-7-14(20-10-11)15(19)18-6-2-3-12(9-18)8-13-4-5-16-17-13/h4-5,7,10,12H,2-3,6,8-9H2,1H3,(H,16,17). The number of aryl methyl sites for hydroxylation is 1. The first-order chi connectivity index (χ1) is 9.72. The first-order valence-corrected chi connectivity index (χ1v) is 7.93. The predicted octanol–water partition coefficient (Wildman–Crippen LogP) is 2.87. The summed E-state index contributed by atoms with van der Waals surface area (Å²) in [7, 11) is 0. The lowest BCUT2D eigenvalue weighted by molar-refractivity contribution is 0.0677. The second-order valence-corrected chi connectivity index (χ2v) is 6.44. The molecule has 0 spiro atoms. The van der Waals surface area contributed by atoms with Gasteiger partial charge < -0.3 is 4.90 Å². The van der Waals surface area contributed by atoms with Crippen LogP contribution < -0.4 is 0 Å². The van der Waals surface area contributed by atoms with Gasteiger partial charge in [-0.3, -0.25) is 9.89 Å². The van der Waals surface area contributed by atoms with Gasteiger partial charge in [-0.25, -0.2) is 0 Å². The van der Waals surface area contributed by atoms with Crippen LogP contribution >= 0.6 is 11.3 Å². The number of hydrogen-bond donors (Lipinski definition) is 1. The van der Waals surface area contributed by atoms with E-state index in [9.17, 15) is 4.79 Å². The number of likely N-dealkylation sites (tertiary alicyclic amines) is 1. The van der Waals surface area contributed by atoms with Crippen LogP contribution in [0.25, 0.3) is 0 Å². The Morgan fingerprint density at radius 2 is 2.50 bits per heavy atom. The van der Waals surface area contributed by atoms with Crippen molar-refractivity contribution in [1.29, 1.82) is 0 Å². The van der Waals surface area contributed by atoms with Crippen molar-refractivity contribution >= 4 is 17.2 Å². The maximum absolute atomic E-state index is 12.5. The maximum Gasteiger partial charge on any atom is 0.263 e. The number of thiophene rings is 1. The molecule has 1 aliphatic heterocycles. The molecule has 0 aromatic carbocycles. The number of aromatic amines is 1. The molecule has 1 saturated heterocycles. The lowest BCUT2D eigenvalue weighted by Crippen LogP contribution is -2.40. The molecule has 1 N–H and O–H groups in total. The number of nitrogens with zero attached hydrogens (tertiary/aromatic N) is 2. The Bertz CT molecular complexity index is 576. The summed E-state index contributed by atoms with van der Waals surface area (Å²) in [5.41, 5.74) is 2.33. The van der Waals surface area contributed by atoms with Crippen LogP contribution in [-0.4, -0.2) is 34.1 Å². The molecule has 1 unspecified atom stereocenters. The summed E-state index contributed by atoms with van der Waals surface area (Å²) in [6, 6.07) is 4.01. The molecule has 1 amide bonds. The summed E-state index contributed by atoms with van der Waals surface area (Å²) in [5, 5.41) is 9.04. The van der Waals surface area contributed by atoms with Crippen LogP contribution in [0, 0.1) is 12.8 Å². The molecule has 5 heteroatoms. The number of nitrogens with one attached hydrogen (secondary N) is 1. The highest BCUT2D eigenvalue weighted by Gasteiger charge is 2.25. The van der Waals surface area contributed by atoms with E-state index in [1.54, 1.807) is 17.5 Å². The quantitative estimate of drug-likeness (QED) is 0.944. The third-order valence-electron chi connectivity index (χ3n) is 3.81. The molecule has 0 bridgehead atoms. The zero-order valence-electron chi connectivity index (χ0n) is 11.6. The molecule has 106 valence electrons. The third kappa shape index (κ3) is 2.93. The number of rotatable bonds is 3. The van der Waals surface area contributed by atoms with Crippen LogP contribution in [0.15, 0.2) is 23.7 Å². The lowest BCUT2D eigenvalue weighted by atomic mass is 9.93. The van der Waals surface area contributed by atoms with Gasteiger partial charge in [-0.1, -0.05) is 0 Å². The van der Waals surface area contributed by atoms with Gasteiger partial charge in [0, 0.05) is 25.0 Å². The Balaban J connectivity index is 1.64. The summed E-state index contributed by atoms with van der Waals surface area (Å²) in [6.45, 7) is 3.77. The highest BCUT2D eigenvalue weighted by Crippen LogP contribution is 2.23. The molecule has 0 aliphatic carbocycles. The monoisotopic (exact) mass is 289 g/mol. The second-order valence-electron chi connectivity index (χ2n) is 5.53. The molecule has 2 aromatic heterocycles. The van der Waals surface area contributed by atoms with Crippen molar-refractivity contribution in [3.05, 3.63) is 39.8 Å². The van der Waals surface area contributed by atoms with E-state index >= 15 is 0 Å². The average molecular weight is 289 g/mol. The largest absolute Gasteiger partial charge is 0.338 e. The first-order valence-electron chi connectivity index (χ1n) is 7.05. The number of amides is 1. The molecular weight excluding hydrogens is 270 g/mol. The molecule has 1 atom stereocenters. The van der Waals surface area contributed by atoms with Gasteiger partial charge >= 0.3 is 0 Å². The minimum absolute atomic E-state index is 0.192. The van der Waals surface area contributed by atoms with Crippen LogP contribution in [0.2, 0.25) is 0 Å². The molecule has 4 nitrogen and oxygen atoms in total. The predicted molar refractivity (Wildman–Crippen MR) is 80.0 cm³/mol. The van der Waals surface area contributed by atoms with Gasteiger partial charge in [0.2, 0.25) is 0 Å². The fraction of sp³-hybridized carbons (Fsp3) is 0.467. The van der Waals surface area contributed by atoms with Crippen LogP contribution in [0.1, 0.15) is 33.8 Å². The number of H-pyrrole nitrogens is 1. The molecule has 1 fully saturated rings. The Morgan fingerprint density at radius 3 is 3.20 bits per heavy atom. The zero-order chi connectivity index (χ0) is 13.9. The lowest BCUT2D eigenvalue weighted by Gasteiger charge is -2.32. The highest BCUT2D eigenvalue weighted by atomic mass is 32.1. The van der Waals surface area contributed by atoms with Gasteiger partial charge in [0.05, 0.1) is 4.88 Å². The van der Waals surface area contributed by atoms with Crippen molar-refractivity contribution in [3.8, 4) is 0 Å². The van der Waals surface area contributed by atoms with E-state index in [1.165, 1.54) is 12.0 Å². The molecule has 2 aromatic rings. The Kier molecular flexibility index (Phi) is 3.87. The minimum atomic E-state index is 0.192. The first kappa shape index (κ1) is 13.4. The van der Waals surface area contributed by atoms with Gasteiger partial charge in [-0.15, -0.1) is 11.3 Å². The van der Waals surface area contributed by atoms with Crippen LogP contribution in [0.3, 0.4) is 0 Å². The summed E-state index contributed by atoms with van der Waals surface area (Å²) in [6.07, 6.45) is 5.05. The Morgan fingerprint density at radius 1 is 1.60 bits per heavy atom. The molecule has 20 heavy (non-hydrogen) atoms. The van der Waals surface area contributed by atoms with Gasteiger partial charge in [0.1, 0.15) is 0 Å². The minimum Gasteiger partial charge on any atom is -0.338 e. The van der Waals surface area contributed by atoms with E-state index in [1.807, 2.05) is 29.3 Å². The summed E-state index contributed by atoms with van der Waals surface area (Å²) < 4.78 is 0. The van der Waals surface area contributed by atoms with Crippen LogP contribution in [0.5, 0.6) is 0 Å². The summed E-state index contributed by atoms with van der Waals surface area (Å²) in [5.74, 6) is 0.728. The zero-order valence-corrected chi connectivity index (χ0v) is 12.4. The van der Waals surface area contributed by atoms with E-state index in [0.717, 1.165) is 36.5 Å². The highest BCUT2D eigenvalue weighted by molar-refractivity contribution is 7.12. The number of carbonyl (C=O) groups is 1. The van der Waals surface area contributed by atoms with Crippen LogP contribution in [-0.2, 0) is 6.42 Å². The van der Waals surface area contributed by atoms with E-state index in [4.69, 9.17) is 0 Å². The fourth-order valence-electron chi connectivity index (χ4n) is 2.82. The van der Waals surface area contributed by atoms with Crippen molar-refractivity contribution in [2.45, 2.75) is 26.2 Å². The van der Waals surface area contributed by atoms with Crippen molar-refractivity contribution in [2.24, 2.45) is 5.92 Å². The molecule has 1 aliphatic rings. The van der Waals surface area contributed by atoms with E-state index < -0.39 is 0 Å². The summed E-state index contributed by atoms with van der Waals surface area (Å²) in [4.78, 5) is 15.4. The smallest absolute Gasteiger partial charge is 0.263 e. The normalized spacial score (nSPS) is 19.2. The molecular formula is C15H19N3OS. The summed E-state index contributed by atoms with van der Waals surface area (Å²) >= 11 is 1.55. The number of piperidine rings is 1. The van der Waals surface area contributed by atoms with Gasteiger partial charge in [-0.05, 0) is 55.2 Å². The van der Waals surface area contributed by atoms with Gasteiger partial charge in [-0.2, -0.15) is 5.10 Å². The number of hydrogen-bond acceptors (Lipinski definition) is 3. The Labute approximate surface area is 122 Å². The maximum atomic E-state index is 12.5. The van der Waals surface area contributed by atoms with Crippen molar-refractivity contribution in [1.82, 2.24) is 15.1 Å². The van der Waals surface area contributed by atoms with Crippen molar-refractivity contribution in [2.75, 3.05) is 13.1 Å². The van der Waals surface area contributed by atoms with Gasteiger partial charge in [0.15, 0.2) is 0 Å². The van der Waals surface area contributed by atoms with Gasteiger partial charge in [0.25, 0.3) is 5.91 Å². The average Bonchev–Trinajstić information content (AvgIpc) is 3.10. The van der Waals surface area contributed by atoms with Crippen LogP contribution in [0.4, 0.5) is 0 Å². The fourth-order valence-corrected chi connectivity index (χ4v) is 3.69.